The molecular formula is C34H41FN10. The number of hydrogen-bond acceptors (Lipinski definition) is 9. The molecule has 234 valence electrons. The molecule has 2 aromatic heterocycles. The van der Waals surface area contributed by atoms with Crippen LogP contribution in [-0.2, 0) is 0 Å². The van der Waals surface area contributed by atoms with Gasteiger partial charge in [0.1, 0.15) is 5.82 Å². The lowest BCUT2D eigenvalue weighted by atomic mass is 9.84. The number of halogens is 1. The van der Waals surface area contributed by atoms with Gasteiger partial charge in [-0.2, -0.15) is 9.67 Å². The van der Waals surface area contributed by atoms with Gasteiger partial charge in [0.05, 0.1) is 17.1 Å². The van der Waals surface area contributed by atoms with Crippen LogP contribution in [0.2, 0.25) is 0 Å². The molecule has 1 unspecified atom stereocenters. The summed E-state index contributed by atoms with van der Waals surface area (Å²) in [6.45, 7) is 9.29. The van der Waals surface area contributed by atoms with Gasteiger partial charge in [-0.1, -0.05) is 30.3 Å². The van der Waals surface area contributed by atoms with Crippen LogP contribution in [0.15, 0.2) is 54.6 Å². The fourth-order valence-corrected chi connectivity index (χ4v) is 7.84. The summed E-state index contributed by atoms with van der Waals surface area (Å²) in [5.74, 6) is 1.34. The van der Waals surface area contributed by atoms with E-state index in [9.17, 15) is 0 Å². The van der Waals surface area contributed by atoms with E-state index in [0.29, 0.717) is 41.1 Å². The fraction of sp³-hybridized carbons (Fsp3) is 0.441. The number of nitrogens with one attached hydrogen (secondary N) is 2. The Morgan fingerprint density at radius 1 is 0.911 bits per heavy atom. The summed E-state index contributed by atoms with van der Waals surface area (Å²) < 4.78 is 17.0. The average Bonchev–Trinajstić information content (AvgIpc) is 3.45. The number of aromatic nitrogens is 4. The SMILES string of the molecule is CC1CNCCN1C1CCN(c2ccc(Nc3nc(N)n(-c4cc(-c5ccccc5)c5c(n4)C4CCN5CC4)n3)cc2F)CC1. The first-order valence-corrected chi connectivity index (χ1v) is 16.4. The van der Waals surface area contributed by atoms with E-state index >= 15 is 4.39 Å². The van der Waals surface area contributed by atoms with Gasteiger partial charge in [-0.25, -0.2) is 9.37 Å². The summed E-state index contributed by atoms with van der Waals surface area (Å²) in [4.78, 5) is 16.8. The molecular weight excluding hydrogens is 567 g/mol. The van der Waals surface area contributed by atoms with Gasteiger partial charge in [0.25, 0.3) is 0 Å². The lowest BCUT2D eigenvalue weighted by Crippen LogP contribution is -2.56. The van der Waals surface area contributed by atoms with Crippen molar-refractivity contribution in [3.63, 3.8) is 0 Å². The molecule has 45 heavy (non-hydrogen) atoms. The van der Waals surface area contributed by atoms with Crippen molar-refractivity contribution in [2.75, 3.05) is 66.7 Å². The van der Waals surface area contributed by atoms with Gasteiger partial charge in [0.15, 0.2) is 5.82 Å². The Morgan fingerprint density at radius 3 is 2.44 bits per heavy atom. The van der Waals surface area contributed by atoms with Crippen molar-refractivity contribution in [3.8, 4) is 16.9 Å². The van der Waals surface area contributed by atoms with Gasteiger partial charge in [0.2, 0.25) is 11.9 Å². The number of hydrogen-bond donors (Lipinski definition) is 3. The molecule has 3 fully saturated rings. The van der Waals surface area contributed by atoms with Crippen molar-refractivity contribution in [1.82, 2.24) is 30.0 Å². The van der Waals surface area contributed by atoms with Crippen LogP contribution in [0.1, 0.15) is 44.2 Å². The number of piperazine rings is 1. The monoisotopic (exact) mass is 608 g/mol. The number of benzene rings is 2. The number of nitrogens with zero attached hydrogens (tertiary/aromatic N) is 7. The lowest BCUT2D eigenvalue weighted by molar-refractivity contribution is 0.0996. The molecule has 0 spiro atoms. The summed E-state index contributed by atoms with van der Waals surface area (Å²) in [5.41, 5.74) is 12.2. The molecule has 0 aliphatic carbocycles. The van der Waals surface area contributed by atoms with E-state index in [1.165, 1.54) is 11.8 Å². The Bertz CT molecular complexity index is 1670. The number of nitrogens with two attached hydrogens (primary N) is 1. The summed E-state index contributed by atoms with van der Waals surface area (Å²) in [6.07, 6.45) is 4.30. The Labute approximate surface area is 263 Å². The van der Waals surface area contributed by atoms with Crippen molar-refractivity contribution >= 4 is 29.0 Å². The minimum atomic E-state index is -0.254. The highest BCUT2D eigenvalue weighted by Crippen LogP contribution is 2.46. The number of nitrogen functional groups attached to an aromatic ring is 1. The molecule has 3 saturated heterocycles. The fourth-order valence-electron chi connectivity index (χ4n) is 7.84. The van der Waals surface area contributed by atoms with E-state index < -0.39 is 0 Å². The van der Waals surface area contributed by atoms with E-state index in [-0.39, 0.29) is 11.8 Å². The first-order valence-electron chi connectivity index (χ1n) is 16.4. The van der Waals surface area contributed by atoms with Crippen LogP contribution >= 0.6 is 0 Å². The van der Waals surface area contributed by atoms with Crippen LogP contribution < -0.4 is 26.2 Å². The Hall–Kier alpha value is -4.22. The predicted octanol–water partition coefficient (Wildman–Crippen LogP) is 4.75. The van der Waals surface area contributed by atoms with Gasteiger partial charge in [-0.15, -0.1) is 5.10 Å². The average molecular weight is 609 g/mol. The van der Waals surface area contributed by atoms with Crippen LogP contribution in [0.5, 0.6) is 0 Å². The molecule has 4 N–H and O–H groups in total. The van der Waals surface area contributed by atoms with Crippen LogP contribution in [0, 0.1) is 5.82 Å². The number of rotatable bonds is 6. The standard InChI is InChI=1S/C34H41FN10/c1-22-21-37-13-18-44(22)26-11-16-42(17-12-26)29-8-7-25(19-28(29)35)38-34-40-33(36)45(41-34)30-20-27(23-5-3-2-4-6-23)32-31(39-30)24-9-14-43(32)15-10-24/h2-8,19-20,22,24,26,37H,9-18,21H2,1H3,(H3,36,38,40,41). The molecule has 7 heterocycles. The molecule has 0 radical (unpaired) electrons. The molecule has 2 aromatic carbocycles. The van der Waals surface area contributed by atoms with Gasteiger partial charge in [-0.3, -0.25) is 4.90 Å². The first kappa shape index (κ1) is 28.3. The molecule has 2 bridgehead atoms. The Balaban J connectivity index is 1.01. The van der Waals surface area contributed by atoms with Crippen LogP contribution in [0.4, 0.5) is 33.3 Å². The highest BCUT2D eigenvalue weighted by Gasteiger charge is 2.35. The number of fused-ring (bicyclic) bond motifs is 2. The molecule has 5 aliphatic heterocycles. The van der Waals surface area contributed by atoms with Crippen molar-refractivity contribution in [3.05, 3.63) is 66.1 Å². The molecule has 9 rings (SSSR count). The Kier molecular flexibility index (Phi) is 7.29. The smallest absolute Gasteiger partial charge is 0.248 e. The maximum Gasteiger partial charge on any atom is 0.248 e. The quantitative estimate of drug-likeness (QED) is 0.286. The molecule has 0 saturated carbocycles. The molecule has 5 aliphatic rings. The third-order valence-electron chi connectivity index (χ3n) is 10.2. The minimum absolute atomic E-state index is 0.226. The predicted molar refractivity (Wildman–Crippen MR) is 177 cm³/mol. The zero-order chi connectivity index (χ0) is 30.5. The highest BCUT2D eigenvalue weighted by molar-refractivity contribution is 5.83. The van der Waals surface area contributed by atoms with E-state index in [1.807, 2.05) is 18.2 Å². The van der Waals surface area contributed by atoms with Crippen LogP contribution in [-0.4, -0.2) is 82.5 Å². The number of anilines is 5. The number of pyridine rings is 1. The van der Waals surface area contributed by atoms with Crippen LogP contribution in [0.25, 0.3) is 16.9 Å². The topological polar surface area (TPSA) is 103 Å². The summed E-state index contributed by atoms with van der Waals surface area (Å²) >= 11 is 0. The Morgan fingerprint density at radius 2 is 1.69 bits per heavy atom. The van der Waals surface area contributed by atoms with Crippen molar-refractivity contribution < 1.29 is 4.39 Å². The van der Waals surface area contributed by atoms with E-state index in [0.717, 1.165) is 88.3 Å². The van der Waals surface area contributed by atoms with Gasteiger partial charge in [-0.05, 0) is 62.4 Å². The molecule has 4 aromatic rings. The second kappa shape index (κ2) is 11.6. The van der Waals surface area contributed by atoms with E-state index in [1.54, 1.807) is 4.68 Å². The molecule has 11 heteroatoms. The molecule has 0 amide bonds. The number of piperidine rings is 2. The van der Waals surface area contributed by atoms with Crippen molar-refractivity contribution in [2.24, 2.45) is 0 Å². The van der Waals surface area contributed by atoms with Gasteiger partial charge in [0, 0.05) is 75.1 Å². The lowest BCUT2D eigenvalue weighted by Gasteiger charge is -2.44. The normalized spacial score (nSPS) is 20.9. The maximum absolute atomic E-state index is 15.5. The molecule has 10 nitrogen and oxygen atoms in total. The summed E-state index contributed by atoms with van der Waals surface area (Å²) in [7, 11) is 0. The van der Waals surface area contributed by atoms with Crippen LogP contribution in [0.3, 0.4) is 0 Å². The maximum atomic E-state index is 15.5. The van der Waals surface area contributed by atoms with Crippen molar-refractivity contribution in [1.29, 1.82) is 0 Å². The van der Waals surface area contributed by atoms with Crippen molar-refractivity contribution in [2.45, 2.75) is 50.6 Å². The van der Waals surface area contributed by atoms with Gasteiger partial charge >= 0.3 is 0 Å². The second-order valence-corrected chi connectivity index (χ2v) is 12.9. The highest BCUT2D eigenvalue weighted by atomic mass is 19.1. The zero-order valence-electron chi connectivity index (χ0n) is 25.8. The largest absolute Gasteiger partial charge is 0.370 e. The third-order valence-corrected chi connectivity index (χ3v) is 10.2. The van der Waals surface area contributed by atoms with E-state index in [2.05, 4.69) is 72.7 Å². The summed E-state index contributed by atoms with van der Waals surface area (Å²) in [5, 5.41) is 11.3. The zero-order valence-corrected chi connectivity index (χ0v) is 25.8. The minimum Gasteiger partial charge on any atom is -0.370 e. The first-order chi connectivity index (χ1) is 22.0. The summed E-state index contributed by atoms with van der Waals surface area (Å²) in [6, 6.07) is 18.8. The third kappa shape index (κ3) is 5.27. The van der Waals surface area contributed by atoms with E-state index in [4.69, 9.17) is 10.7 Å². The molecule has 1 atom stereocenters. The van der Waals surface area contributed by atoms with Gasteiger partial charge < -0.3 is 26.2 Å². The second-order valence-electron chi connectivity index (χ2n) is 12.9.